The number of likely N-dealkylation sites (tertiary alicyclic amines) is 1. The molecule has 20 heavy (non-hydrogen) atoms. The van der Waals surface area contributed by atoms with Crippen LogP contribution in [-0.4, -0.2) is 73.0 Å². The molecule has 2 atom stereocenters. The Bertz CT molecular complexity index is 286. The summed E-state index contributed by atoms with van der Waals surface area (Å²) in [7, 11) is 0. The summed E-state index contributed by atoms with van der Waals surface area (Å²) in [6.07, 6.45) is 7.27. The third kappa shape index (κ3) is 3.73. The number of aliphatic hydroxyl groups excluding tert-OH is 1. The fourth-order valence-corrected chi connectivity index (χ4v) is 4.13. The van der Waals surface area contributed by atoms with E-state index in [0.29, 0.717) is 6.04 Å². The molecule has 0 aromatic carbocycles. The van der Waals surface area contributed by atoms with Gasteiger partial charge in [0.15, 0.2) is 0 Å². The van der Waals surface area contributed by atoms with Crippen LogP contribution in [0.15, 0.2) is 0 Å². The molecule has 0 spiro atoms. The smallest absolute Gasteiger partial charge is 0.0695 e. The van der Waals surface area contributed by atoms with E-state index in [1.807, 2.05) is 0 Å². The number of hydrogen-bond donors (Lipinski definition) is 1. The maximum atomic E-state index is 10.2. The van der Waals surface area contributed by atoms with E-state index in [1.165, 1.54) is 51.7 Å². The molecule has 0 bridgehead atoms. The zero-order valence-electron chi connectivity index (χ0n) is 12.7. The van der Waals surface area contributed by atoms with E-state index < -0.39 is 0 Å². The number of piperidine rings is 1. The molecular formula is C16H30N2O2. The molecule has 3 fully saturated rings. The van der Waals surface area contributed by atoms with Gasteiger partial charge in [-0.2, -0.15) is 0 Å². The summed E-state index contributed by atoms with van der Waals surface area (Å²) in [4.78, 5) is 5.14. The normalized spacial score (nSPS) is 35.2. The molecular weight excluding hydrogens is 252 g/mol. The highest BCUT2D eigenvalue weighted by Gasteiger charge is 2.31. The van der Waals surface area contributed by atoms with Crippen LogP contribution in [-0.2, 0) is 4.74 Å². The van der Waals surface area contributed by atoms with Gasteiger partial charge in [-0.3, -0.25) is 9.80 Å². The highest BCUT2D eigenvalue weighted by atomic mass is 16.5. The lowest BCUT2D eigenvalue weighted by molar-refractivity contribution is -0.00642. The van der Waals surface area contributed by atoms with Gasteiger partial charge < -0.3 is 9.84 Å². The SMILES string of the molecule is OC1CCCCC1N1CCC(CN2CCOCC2)CC1. The average Bonchev–Trinajstić information content (AvgIpc) is 2.50. The fraction of sp³-hybridized carbons (Fsp3) is 1.00. The first kappa shape index (κ1) is 14.8. The number of morpholine rings is 1. The molecule has 4 heteroatoms. The van der Waals surface area contributed by atoms with Crippen molar-refractivity contribution in [2.24, 2.45) is 5.92 Å². The number of nitrogens with zero attached hydrogens (tertiary/aromatic N) is 2. The summed E-state index contributed by atoms with van der Waals surface area (Å²) in [5, 5.41) is 10.2. The second kappa shape index (κ2) is 7.21. The second-order valence-corrected chi connectivity index (χ2v) is 6.81. The zero-order valence-corrected chi connectivity index (χ0v) is 12.7. The molecule has 116 valence electrons. The van der Waals surface area contributed by atoms with Crippen molar-refractivity contribution >= 4 is 0 Å². The Labute approximate surface area is 123 Å². The van der Waals surface area contributed by atoms with Gasteiger partial charge in [-0.25, -0.2) is 0 Å². The van der Waals surface area contributed by atoms with E-state index in [-0.39, 0.29) is 6.10 Å². The van der Waals surface area contributed by atoms with Crippen molar-refractivity contribution in [2.75, 3.05) is 45.9 Å². The average molecular weight is 282 g/mol. The van der Waals surface area contributed by atoms with Crippen molar-refractivity contribution in [2.45, 2.75) is 50.7 Å². The van der Waals surface area contributed by atoms with Crippen molar-refractivity contribution in [3.63, 3.8) is 0 Å². The lowest BCUT2D eigenvalue weighted by atomic mass is 9.88. The van der Waals surface area contributed by atoms with E-state index in [9.17, 15) is 5.11 Å². The molecule has 0 aromatic heterocycles. The summed E-state index contributed by atoms with van der Waals surface area (Å²) in [5.74, 6) is 0.852. The molecule has 2 heterocycles. The molecule has 3 rings (SSSR count). The Morgan fingerprint density at radius 3 is 2.30 bits per heavy atom. The minimum atomic E-state index is -0.0699. The van der Waals surface area contributed by atoms with Crippen LogP contribution in [0, 0.1) is 5.92 Å². The van der Waals surface area contributed by atoms with Gasteiger partial charge in [0.1, 0.15) is 0 Å². The number of ether oxygens (including phenoxy) is 1. The maximum absolute atomic E-state index is 10.2. The summed E-state index contributed by atoms with van der Waals surface area (Å²) in [5.41, 5.74) is 0. The van der Waals surface area contributed by atoms with Gasteiger partial charge in [-0.15, -0.1) is 0 Å². The van der Waals surface area contributed by atoms with Crippen LogP contribution in [0.2, 0.25) is 0 Å². The van der Waals surface area contributed by atoms with Crippen LogP contribution in [0.4, 0.5) is 0 Å². The second-order valence-electron chi connectivity index (χ2n) is 6.81. The molecule has 0 radical (unpaired) electrons. The molecule has 1 saturated carbocycles. The quantitative estimate of drug-likeness (QED) is 0.847. The summed E-state index contributed by atoms with van der Waals surface area (Å²) in [6.45, 7) is 7.68. The van der Waals surface area contributed by atoms with E-state index in [0.717, 1.165) is 38.6 Å². The van der Waals surface area contributed by atoms with Crippen LogP contribution in [0.3, 0.4) is 0 Å². The molecule has 0 amide bonds. The van der Waals surface area contributed by atoms with Crippen molar-refractivity contribution in [1.29, 1.82) is 0 Å². The molecule has 1 N–H and O–H groups in total. The topological polar surface area (TPSA) is 35.9 Å². The van der Waals surface area contributed by atoms with Crippen LogP contribution in [0.5, 0.6) is 0 Å². The molecule has 2 saturated heterocycles. The first-order valence-electron chi connectivity index (χ1n) is 8.55. The van der Waals surface area contributed by atoms with Gasteiger partial charge in [0.2, 0.25) is 0 Å². The Morgan fingerprint density at radius 1 is 0.900 bits per heavy atom. The van der Waals surface area contributed by atoms with Gasteiger partial charge >= 0.3 is 0 Å². The van der Waals surface area contributed by atoms with E-state index in [2.05, 4.69) is 9.80 Å². The summed E-state index contributed by atoms with van der Waals surface area (Å²) < 4.78 is 5.42. The Balaban J connectivity index is 1.42. The summed E-state index contributed by atoms with van der Waals surface area (Å²) in [6, 6.07) is 0.452. The van der Waals surface area contributed by atoms with Gasteiger partial charge in [-0.05, 0) is 44.7 Å². The maximum Gasteiger partial charge on any atom is 0.0695 e. The van der Waals surface area contributed by atoms with Gasteiger partial charge in [0.25, 0.3) is 0 Å². The Hall–Kier alpha value is -0.160. The van der Waals surface area contributed by atoms with Gasteiger partial charge in [-0.1, -0.05) is 12.8 Å². The van der Waals surface area contributed by atoms with E-state index in [1.54, 1.807) is 0 Å². The minimum absolute atomic E-state index is 0.0699. The summed E-state index contributed by atoms with van der Waals surface area (Å²) >= 11 is 0. The largest absolute Gasteiger partial charge is 0.391 e. The number of rotatable bonds is 3. The lowest BCUT2D eigenvalue weighted by Crippen LogP contribution is -2.50. The molecule has 3 aliphatic rings. The van der Waals surface area contributed by atoms with Gasteiger partial charge in [0, 0.05) is 25.7 Å². The number of aliphatic hydroxyl groups is 1. The van der Waals surface area contributed by atoms with Gasteiger partial charge in [0.05, 0.1) is 19.3 Å². The third-order valence-electron chi connectivity index (χ3n) is 5.43. The van der Waals surface area contributed by atoms with Crippen molar-refractivity contribution in [3.8, 4) is 0 Å². The standard InChI is InChI=1S/C16H30N2O2/c19-16-4-2-1-3-15(16)18-7-5-14(6-8-18)13-17-9-11-20-12-10-17/h14-16,19H,1-13H2. The van der Waals surface area contributed by atoms with E-state index >= 15 is 0 Å². The number of hydrogen-bond acceptors (Lipinski definition) is 4. The monoisotopic (exact) mass is 282 g/mol. The van der Waals surface area contributed by atoms with Crippen LogP contribution < -0.4 is 0 Å². The highest BCUT2D eigenvalue weighted by Crippen LogP contribution is 2.27. The molecule has 2 aliphatic heterocycles. The third-order valence-corrected chi connectivity index (χ3v) is 5.43. The highest BCUT2D eigenvalue weighted by molar-refractivity contribution is 4.86. The predicted octanol–water partition coefficient (Wildman–Crippen LogP) is 1.33. The Kier molecular flexibility index (Phi) is 5.32. The lowest BCUT2D eigenvalue weighted by Gasteiger charge is -2.42. The predicted molar refractivity (Wildman–Crippen MR) is 79.8 cm³/mol. The minimum Gasteiger partial charge on any atom is -0.391 e. The van der Waals surface area contributed by atoms with E-state index in [4.69, 9.17) is 4.74 Å². The van der Waals surface area contributed by atoms with Crippen LogP contribution in [0.1, 0.15) is 38.5 Å². The first-order chi connectivity index (χ1) is 9.83. The zero-order chi connectivity index (χ0) is 13.8. The molecule has 2 unspecified atom stereocenters. The molecule has 1 aliphatic carbocycles. The molecule has 4 nitrogen and oxygen atoms in total. The van der Waals surface area contributed by atoms with Crippen molar-refractivity contribution in [3.05, 3.63) is 0 Å². The Morgan fingerprint density at radius 2 is 1.60 bits per heavy atom. The molecule has 0 aromatic rings. The van der Waals surface area contributed by atoms with Crippen molar-refractivity contribution < 1.29 is 9.84 Å². The van der Waals surface area contributed by atoms with Crippen LogP contribution >= 0.6 is 0 Å². The van der Waals surface area contributed by atoms with Crippen LogP contribution in [0.25, 0.3) is 0 Å². The fourth-order valence-electron chi connectivity index (χ4n) is 4.13. The first-order valence-corrected chi connectivity index (χ1v) is 8.55. The van der Waals surface area contributed by atoms with Crippen molar-refractivity contribution in [1.82, 2.24) is 9.80 Å².